The van der Waals surface area contributed by atoms with Crippen molar-refractivity contribution < 1.29 is 0 Å². The minimum absolute atomic E-state index is 0.613. The maximum absolute atomic E-state index is 5.96. The largest absolute Gasteiger partial charge is 0.319 e. The van der Waals surface area contributed by atoms with Crippen LogP contribution < -0.4 is 5.32 Å². The van der Waals surface area contributed by atoms with E-state index in [2.05, 4.69) is 18.3 Å². The van der Waals surface area contributed by atoms with Crippen LogP contribution in [0.15, 0.2) is 29.8 Å². The summed E-state index contributed by atoms with van der Waals surface area (Å²) in [6, 6.07) is 5.79. The summed E-state index contributed by atoms with van der Waals surface area (Å²) in [5.41, 5.74) is 2.56. The van der Waals surface area contributed by atoms with Crippen molar-refractivity contribution in [1.82, 2.24) is 5.32 Å². The van der Waals surface area contributed by atoms with Gasteiger partial charge in [-0.05, 0) is 51.1 Å². The molecule has 0 aliphatic rings. The monoisotopic (exact) mass is 257 g/mol. The molecule has 1 aromatic carbocycles. The zero-order chi connectivity index (χ0) is 12.0. The average molecular weight is 258 g/mol. The van der Waals surface area contributed by atoms with Crippen molar-refractivity contribution in [2.24, 2.45) is 0 Å². The third kappa shape index (κ3) is 4.56. The molecule has 88 valence electrons. The molecule has 16 heavy (non-hydrogen) atoms. The van der Waals surface area contributed by atoms with Crippen molar-refractivity contribution in [3.8, 4) is 0 Å². The number of hydrogen-bond acceptors (Lipinski definition) is 1. The summed E-state index contributed by atoms with van der Waals surface area (Å²) in [7, 11) is 1.96. The van der Waals surface area contributed by atoms with E-state index in [-0.39, 0.29) is 0 Å². The molecule has 3 heteroatoms. The molecular formula is C13H17Cl2N. The van der Waals surface area contributed by atoms with Crippen molar-refractivity contribution in [2.45, 2.75) is 19.8 Å². The number of nitrogens with one attached hydrogen (secondary N) is 1. The highest BCUT2D eigenvalue weighted by atomic mass is 35.5. The van der Waals surface area contributed by atoms with E-state index >= 15 is 0 Å². The Kier molecular flexibility index (Phi) is 5.89. The Labute approximate surface area is 107 Å². The van der Waals surface area contributed by atoms with Crippen molar-refractivity contribution in [3.05, 3.63) is 45.5 Å². The Hall–Kier alpha value is -0.500. The Morgan fingerprint density at radius 3 is 2.69 bits per heavy atom. The van der Waals surface area contributed by atoms with E-state index in [1.807, 2.05) is 25.2 Å². The van der Waals surface area contributed by atoms with Gasteiger partial charge in [-0.3, -0.25) is 0 Å². The summed E-state index contributed by atoms with van der Waals surface area (Å²) < 4.78 is 0. The van der Waals surface area contributed by atoms with Crippen LogP contribution in [0.2, 0.25) is 10.0 Å². The van der Waals surface area contributed by atoms with Gasteiger partial charge in [-0.2, -0.15) is 0 Å². The van der Waals surface area contributed by atoms with Crippen LogP contribution in [-0.4, -0.2) is 13.6 Å². The molecule has 1 aromatic rings. The molecular weight excluding hydrogens is 241 g/mol. The summed E-state index contributed by atoms with van der Waals surface area (Å²) in [6.07, 6.45) is 4.24. The highest BCUT2D eigenvalue weighted by molar-refractivity contribution is 6.42. The molecule has 0 saturated carbocycles. The molecule has 1 rings (SSSR count). The molecule has 0 spiro atoms. The first-order chi connectivity index (χ1) is 7.63. The Morgan fingerprint density at radius 2 is 2.06 bits per heavy atom. The summed E-state index contributed by atoms with van der Waals surface area (Å²) >= 11 is 11.8. The van der Waals surface area contributed by atoms with Crippen LogP contribution >= 0.6 is 23.2 Å². The second-order valence-corrected chi connectivity index (χ2v) is 4.68. The zero-order valence-electron chi connectivity index (χ0n) is 9.69. The minimum Gasteiger partial charge on any atom is -0.319 e. The van der Waals surface area contributed by atoms with Crippen LogP contribution in [-0.2, 0) is 6.42 Å². The van der Waals surface area contributed by atoms with Gasteiger partial charge in [-0.15, -0.1) is 0 Å². The second kappa shape index (κ2) is 6.95. The van der Waals surface area contributed by atoms with Gasteiger partial charge in [0, 0.05) is 0 Å². The van der Waals surface area contributed by atoms with E-state index in [9.17, 15) is 0 Å². The minimum atomic E-state index is 0.613. The molecule has 0 amide bonds. The highest BCUT2D eigenvalue weighted by Crippen LogP contribution is 2.23. The van der Waals surface area contributed by atoms with Gasteiger partial charge in [-0.1, -0.05) is 40.9 Å². The van der Waals surface area contributed by atoms with E-state index in [1.54, 1.807) is 0 Å². The molecule has 0 fully saturated rings. The zero-order valence-corrected chi connectivity index (χ0v) is 11.2. The number of benzene rings is 1. The summed E-state index contributed by atoms with van der Waals surface area (Å²) in [6.45, 7) is 3.15. The van der Waals surface area contributed by atoms with Crippen molar-refractivity contribution in [2.75, 3.05) is 13.6 Å². The van der Waals surface area contributed by atoms with Gasteiger partial charge in [-0.25, -0.2) is 0 Å². The predicted octanol–water partition coefficient (Wildman–Crippen LogP) is 4.09. The summed E-state index contributed by atoms with van der Waals surface area (Å²) in [5.74, 6) is 0. The molecule has 0 aliphatic carbocycles. The predicted molar refractivity (Wildman–Crippen MR) is 72.5 cm³/mol. The molecule has 0 unspecified atom stereocenters. The SMILES string of the molecule is CNCCC=C(C)Cc1ccc(Cl)c(Cl)c1. The lowest BCUT2D eigenvalue weighted by Crippen LogP contribution is -2.06. The van der Waals surface area contributed by atoms with Crippen LogP contribution in [0.3, 0.4) is 0 Å². The lowest BCUT2D eigenvalue weighted by Gasteiger charge is -2.04. The lowest BCUT2D eigenvalue weighted by atomic mass is 10.1. The van der Waals surface area contributed by atoms with E-state index in [0.717, 1.165) is 19.4 Å². The molecule has 0 heterocycles. The van der Waals surface area contributed by atoms with Gasteiger partial charge in [0.1, 0.15) is 0 Å². The first kappa shape index (κ1) is 13.6. The maximum atomic E-state index is 5.96. The van der Waals surface area contributed by atoms with Crippen LogP contribution in [0.25, 0.3) is 0 Å². The topological polar surface area (TPSA) is 12.0 Å². The first-order valence-corrected chi connectivity index (χ1v) is 6.13. The van der Waals surface area contributed by atoms with Gasteiger partial charge in [0.15, 0.2) is 0 Å². The molecule has 0 aromatic heterocycles. The molecule has 1 N–H and O–H groups in total. The maximum Gasteiger partial charge on any atom is 0.0595 e. The van der Waals surface area contributed by atoms with Gasteiger partial charge < -0.3 is 5.32 Å². The molecule has 0 radical (unpaired) electrons. The molecule has 0 atom stereocenters. The highest BCUT2D eigenvalue weighted by Gasteiger charge is 2.00. The van der Waals surface area contributed by atoms with Crippen LogP contribution in [0.1, 0.15) is 18.9 Å². The first-order valence-electron chi connectivity index (χ1n) is 5.37. The Balaban J connectivity index is 2.59. The number of allylic oxidation sites excluding steroid dienone is 1. The fourth-order valence-corrected chi connectivity index (χ4v) is 1.83. The molecule has 0 aliphatic heterocycles. The summed E-state index contributed by atoms with van der Waals surface area (Å²) in [4.78, 5) is 0. The average Bonchev–Trinajstić information content (AvgIpc) is 2.24. The van der Waals surface area contributed by atoms with E-state index in [4.69, 9.17) is 23.2 Å². The van der Waals surface area contributed by atoms with Gasteiger partial charge in [0.2, 0.25) is 0 Å². The van der Waals surface area contributed by atoms with Gasteiger partial charge >= 0.3 is 0 Å². The van der Waals surface area contributed by atoms with E-state index < -0.39 is 0 Å². The quantitative estimate of drug-likeness (QED) is 0.619. The number of hydrogen-bond donors (Lipinski definition) is 1. The van der Waals surface area contributed by atoms with Crippen molar-refractivity contribution >= 4 is 23.2 Å². The second-order valence-electron chi connectivity index (χ2n) is 3.87. The van der Waals surface area contributed by atoms with Crippen LogP contribution in [0, 0.1) is 0 Å². The van der Waals surface area contributed by atoms with Crippen LogP contribution in [0.4, 0.5) is 0 Å². The van der Waals surface area contributed by atoms with Gasteiger partial charge in [0.05, 0.1) is 10.0 Å². The third-order valence-corrected chi connectivity index (χ3v) is 3.09. The van der Waals surface area contributed by atoms with Crippen molar-refractivity contribution in [3.63, 3.8) is 0 Å². The smallest absolute Gasteiger partial charge is 0.0595 e. The number of rotatable bonds is 5. The molecule has 0 bridgehead atoms. The third-order valence-electron chi connectivity index (χ3n) is 2.35. The van der Waals surface area contributed by atoms with Crippen LogP contribution in [0.5, 0.6) is 0 Å². The normalized spacial score (nSPS) is 11.9. The Morgan fingerprint density at radius 1 is 1.31 bits per heavy atom. The fourth-order valence-electron chi connectivity index (χ4n) is 1.51. The van der Waals surface area contributed by atoms with Gasteiger partial charge in [0.25, 0.3) is 0 Å². The number of halogens is 2. The molecule has 1 nitrogen and oxygen atoms in total. The Bertz CT molecular complexity index is 372. The molecule has 0 saturated heterocycles. The standard InChI is InChI=1S/C13H17Cl2N/c1-10(4-3-7-16-2)8-11-5-6-12(14)13(15)9-11/h4-6,9,16H,3,7-8H2,1-2H3. The van der Waals surface area contributed by atoms with E-state index in [0.29, 0.717) is 10.0 Å². The van der Waals surface area contributed by atoms with E-state index in [1.165, 1.54) is 11.1 Å². The van der Waals surface area contributed by atoms with Crippen molar-refractivity contribution in [1.29, 1.82) is 0 Å². The fraction of sp³-hybridized carbons (Fsp3) is 0.385. The summed E-state index contributed by atoms with van der Waals surface area (Å²) in [5, 5.41) is 4.36. The lowest BCUT2D eigenvalue weighted by molar-refractivity contribution is 0.803.